The lowest BCUT2D eigenvalue weighted by Gasteiger charge is -2.27. The van der Waals surface area contributed by atoms with Gasteiger partial charge in [0, 0.05) is 25.9 Å². The van der Waals surface area contributed by atoms with E-state index in [0.29, 0.717) is 24.0 Å². The van der Waals surface area contributed by atoms with Crippen molar-refractivity contribution < 1.29 is 52.4 Å². The van der Waals surface area contributed by atoms with Gasteiger partial charge in [0.25, 0.3) is 0 Å². The van der Waals surface area contributed by atoms with E-state index in [1.807, 2.05) is 30.3 Å². The molecule has 4 rings (SSSR count). The number of primary amides is 1. The van der Waals surface area contributed by atoms with Gasteiger partial charge in [-0.3, -0.25) is 33.8 Å². The summed E-state index contributed by atoms with van der Waals surface area (Å²) in [5.41, 5.74) is 7.31. The molecule has 17 nitrogen and oxygen atoms in total. The fourth-order valence-electron chi connectivity index (χ4n) is 5.72. The molecule has 0 radical (unpaired) electrons. The van der Waals surface area contributed by atoms with Crippen LogP contribution in [-0.2, 0) is 52.8 Å². The Morgan fingerprint density at radius 1 is 0.836 bits per heavy atom. The number of ether oxygens (including phenoxy) is 1. The number of carbonyl (C=O) groups excluding carboxylic acids is 6. The predicted molar refractivity (Wildman–Crippen MR) is 197 cm³/mol. The summed E-state index contributed by atoms with van der Waals surface area (Å²) >= 11 is 0. The number of phosphoric acid groups is 1. The quantitative estimate of drug-likeness (QED) is 0.0912. The number of hydrogen-bond donors (Lipinski definition) is 7. The molecule has 0 bridgehead atoms. The molecule has 18 heteroatoms. The SMILES string of the molecule is NC(=O)CC[C@H](NC(=O)CN1CCCC[C@H](NC(=O)[C@H](Cc2ccc(OP(=O)(O)O)cc2)NC(=O)OCc2ccccc2)C1=O)C(=O)NCc1ccccc1. The molecular formula is C37H45N6O11P. The molecule has 0 saturated carbocycles. The molecule has 0 unspecified atom stereocenters. The summed E-state index contributed by atoms with van der Waals surface area (Å²) < 4.78 is 21.1. The van der Waals surface area contributed by atoms with Gasteiger partial charge in [-0.1, -0.05) is 72.8 Å². The molecule has 3 aromatic rings. The van der Waals surface area contributed by atoms with Gasteiger partial charge in [0.15, 0.2) is 0 Å². The molecule has 0 spiro atoms. The van der Waals surface area contributed by atoms with Crippen molar-refractivity contribution in [2.24, 2.45) is 5.73 Å². The molecule has 1 aliphatic rings. The summed E-state index contributed by atoms with van der Waals surface area (Å²) in [6.45, 7) is -0.126. The number of phosphoric ester groups is 1. The maximum Gasteiger partial charge on any atom is 0.524 e. The Hall–Kier alpha value is -5.77. The predicted octanol–water partition coefficient (Wildman–Crippen LogP) is 1.56. The van der Waals surface area contributed by atoms with Gasteiger partial charge in [-0.25, -0.2) is 9.36 Å². The molecule has 0 aromatic heterocycles. The number of benzene rings is 3. The van der Waals surface area contributed by atoms with Gasteiger partial charge in [-0.05, 0) is 54.5 Å². The second-order valence-corrected chi connectivity index (χ2v) is 14.0. The molecule has 1 aliphatic heterocycles. The standard InChI is InChI=1S/C37H45N6O11P/c38-32(44)19-18-29(34(46)39-22-26-9-3-1-4-10-26)40-33(45)23-43-20-8-7-13-30(36(43)48)41-35(47)31(42-37(49)53-24-27-11-5-2-6-12-27)21-25-14-16-28(17-15-25)54-55(50,51)52/h1-6,9-12,14-17,29-31H,7-8,13,18-24H2,(H2,38,44)(H,39,46)(H,40,45)(H,41,47)(H,42,49)(H2,50,51,52)/t29-,30-,31-/m0/s1. The Labute approximate surface area is 317 Å². The highest BCUT2D eigenvalue weighted by molar-refractivity contribution is 7.46. The van der Waals surface area contributed by atoms with E-state index in [9.17, 15) is 33.3 Å². The number of nitrogens with two attached hydrogens (primary N) is 1. The normalized spacial score (nSPS) is 15.4. The first kappa shape index (κ1) is 42.0. The maximum atomic E-state index is 13.7. The summed E-state index contributed by atoms with van der Waals surface area (Å²) in [6.07, 6.45) is 0.0480. The lowest BCUT2D eigenvalue weighted by atomic mass is 10.0. The Kier molecular flexibility index (Phi) is 15.7. The Morgan fingerprint density at radius 3 is 2.13 bits per heavy atom. The van der Waals surface area contributed by atoms with Crippen LogP contribution in [0.2, 0.25) is 0 Å². The third-order valence-corrected chi connectivity index (χ3v) is 8.93. The van der Waals surface area contributed by atoms with Crippen molar-refractivity contribution in [3.63, 3.8) is 0 Å². The van der Waals surface area contributed by atoms with E-state index >= 15 is 0 Å². The summed E-state index contributed by atoms with van der Waals surface area (Å²) in [5.74, 6) is -3.23. The summed E-state index contributed by atoms with van der Waals surface area (Å²) in [7, 11) is -4.81. The number of carbonyl (C=O) groups is 6. The molecule has 8 N–H and O–H groups in total. The van der Waals surface area contributed by atoms with E-state index in [1.54, 1.807) is 30.3 Å². The van der Waals surface area contributed by atoms with Crippen LogP contribution in [0.3, 0.4) is 0 Å². The van der Waals surface area contributed by atoms with Crippen molar-refractivity contribution in [3.8, 4) is 5.75 Å². The monoisotopic (exact) mass is 780 g/mol. The van der Waals surface area contributed by atoms with Crippen molar-refractivity contribution in [3.05, 3.63) is 102 Å². The first-order chi connectivity index (χ1) is 26.3. The summed E-state index contributed by atoms with van der Waals surface area (Å²) in [5, 5.41) is 10.6. The average Bonchev–Trinajstić information content (AvgIpc) is 3.32. The number of nitrogens with zero attached hydrogens (tertiary/aromatic N) is 1. The molecule has 3 aromatic carbocycles. The van der Waals surface area contributed by atoms with Gasteiger partial charge in [-0.15, -0.1) is 0 Å². The van der Waals surface area contributed by atoms with Gasteiger partial charge in [0.1, 0.15) is 30.5 Å². The molecule has 3 atom stereocenters. The van der Waals surface area contributed by atoms with Gasteiger partial charge < -0.3 is 41.2 Å². The van der Waals surface area contributed by atoms with Crippen LogP contribution < -0.4 is 31.5 Å². The van der Waals surface area contributed by atoms with Crippen molar-refractivity contribution in [2.75, 3.05) is 13.1 Å². The van der Waals surface area contributed by atoms with Gasteiger partial charge in [-0.2, -0.15) is 0 Å². The van der Waals surface area contributed by atoms with Crippen LogP contribution in [-0.4, -0.2) is 81.5 Å². The highest BCUT2D eigenvalue weighted by Crippen LogP contribution is 2.37. The van der Waals surface area contributed by atoms with Crippen LogP contribution in [0.1, 0.15) is 48.8 Å². The van der Waals surface area contributed by atoms with E-state index in [-0.39, 0.29) is 51.1 Å². The number of nitrogens with one attached hydrogen (secondary N) is 4. The summed E-state index contributed by atoms with van der Waals surface area (Å²) in [4.78, 5) is 97.5. The zero-order chi connectivity index (χ0) is 39.8. The van der Waals surface area contributed by atoms with Crippen molar-refractivity contribution in [1.29, 1.82) is 0 Å². The molecular weight excluding hydrogens is 735 g/mol. The van der Waals surface area contributed by atoms with E-state index in [1.165, 1.54) is 29.2 Å². The van der Waals surface area contributed by atoms with Crippen LogP contribution in [0.5, 0.6) is 5.75 Å². The van der Waals surface area contributed by atoms with Crippen molar-refractivity contribution in [1.82, 2.24) is 26.2 Å². The molecule has 294 valence electrons. The van der Waals surface area contributed by atoms with E-state index < -0.39 is 68.1 Å². The van der Waals surface area contributed by atoms with Crippen LogP contribution >= 0.6 is 7.82 Å². The molecule has 55 heavy (non-hydrogen) atoms. The maximum absolute atomic E-state index is 13.7. The zero-order valence-electron chi connectivity index (χ0n) is 29.9. The van der Waals surface area contributed by atoms with Crippen molar-refractivity contribution in [2.45, 2.75) is 69.8 Å². The van der Waals surface area contributed by atoms with Crippen molar-refractivity contribution >= 4 is 43.5 Å². The third kappa shape index (κ3) is 14.9. The molecule has 0 aliphatic carbocycles. The van der Waals surface area contributed by atoms with Crippen LogP contribution in [0.15, 0.2) is 84.9 Å². The minimum Gasteiger partial charge on any atom is -0.445 e. The average molecular weight is 781 g/mol. The Balaban J connectivity index is 1.42. The summed E-state index contributed by atoms with van der Waals surface area (Å²) in [6, 6.07) is 20.0. The second-order valence-electron chi connectivity index (χ2n) is 12.8. The molecule has 1 saturated heterocycles. The van der Waals surface area contributed by atoms with Gasteiger partial charge >= 0.3 is 13.9 Å². The zero-order valence-corrected chi connectivity index (χ0v) is 30.8. The third-order valence-electron chi connectivity index (χ3n) is 8.48. The van der Waals surface area contributed by atoms with Gasteiger partial charge in [0.2, 0.25) is 29.5 Å². The first-order valence-corrected chi connectivity index (χ1v) is 19.1. The van der Waals surface area contributed by atoms with E-state index in [0.717, 1.165) is 5.56 Å². The largest absolute Gasteiger partial charge is 0.524 e. The minimum atomic E-state index is -4.81. The number of rotatable bonds is 18. The Bertz CT molecular complexity index is 1830. The highest BCUT2D eigenvalue weighted by atomic mass is 31.2. The number of alkyl carbamates (subject to hydrolysis) is 1. The Morgan fingerprint density at radius 2 is 1.49 bits per heavy atom. The van der Waals surface area contributed by atoms with Crippen LogP contribution in [0.4, 0.5) is 4.79 Å². The topological polar surface area (TPSA) is 256 Å². The van der Waals surface area contributed by atoms with E-state index in [2.05, 4.69) is 25.8 Å². The van der Waals surface area contributed by atoms with Crippen LogP contribution in [0, 0.1) is 0 Å². The number of amides is 6. The minimum absolute atomic E-state index is 0.0596. The lowest BCUT2D eigenvalue weighted by molar-refractivity contribution is -0.139. The first-order valence-electron chi connectivity index (χ1n) is 17.6. The number of hydrogen-bond acceptors (Lipinski definition) is 9. The smallest absolute Gasteiger partial charge is 0.445 e. The lowest BCUT2D eigenvalue weighted by Crippen LogP contribution is -2.56. The van der Waals surface area contributed by atoms with Gasteiger partial charge in [0.05, 0.1) is 6.54 Å². The number of likely N-dealkylation sites (tertiary alicyclic amines) is 1. The van der Waals surface area contributed by atoms with E-state index in [4.69, 9.17) is 20.3 Å². The second kappa shape index (κ2) is 20.6. The highest BCUT2D eigenvalue weighted by Gasteiger charge is 2.33. The fraction of sp³-hybridized carbons (Fsp3) is 0.351. The van der Waals surface area contributed by atoms with Crippen LogP contribution in [0.25, 0.3) is 0 Å². The molecule has 1 heterocycles. The molecule has 6 amide bonds. The fourth-order valence-corrected chi connectivity index (χ4v) is 6.12. The molecule has 1 fully saturated rings.